The zero-order valence-corrected chi connectivity index (χ0v) is 17.5. The smallest absolute Gasteiger partial charge is 0.335 e. The maximum atomic E-state index is 13.0. The number of rotatable bonds is 5. The fraction of sp³-hybridized carbons (Fsp3) is 0.417. The molecule has 0 spiro atoms. The third-order valence-corrected chi connectivity index (χ3v) is 6.31. The van der Waals surface area contributed by atoms with E-state index in [-0.39, 0.29) is 5.91 Å². The summed E-state index contributed by atoms with van der Waals surface area (Å²) in [7, 11) is 2.14. The van der Waals surface area contributed by atoms with Crippen LogP contribution in [0.2, 0.25) is 0 Å². The van der Waals surface area contributed by atoms with Crippen molar-refractivity contribution >= 4 is 17.6 Å². The fourth-order valence-electron chi connectivity index (χ4n) is 4.46. The van der Waals surface area contributed by atoms with Gasteiger partial charge in [-0.1, -0.05) is 18.2 Å². The van der Waals surface area contributed by atoms with Crippen LogP contribution in [-0.4, -0.2) is 73.1 Å². The lowest BCUT2D eigenvalue weighted by Crippen LogP contribution is -2.44. The van der Waals surface area contributed by atoms with E-state index in [2.05, 4.69) is 29.0 Å². The second-order valence-electron chi connectivity index (χ2n) is 8.41. The number of hydrogen-bond donors (Lipinski definition) is 1. The molecular formula is C24H29N3O3. The van der Waals surface area contributed by atoms with E-state index in [4.69, 9.17) is 0 Å². The number of carboxylic acids is 1. The molecule has 0 aromatic heterocycles. The van der Waals surface area contributed by atoms with Gasteiger partial charge >= 0.3 is 5.97 Å². The third kappa shape index (κ3) is 4.49. The number of carbonyl (C=O) groups excluding carboxylic acids is 1. The Hall–Kier alpha value is -2.86. The number of nitrogens with zero attached hydrogens (tertiary/aromatic N) is 3. The quantitative estimate of drug-likeness (QED) is 0.826. The predicted octanol–water partition coefficient (Wildman–Crippen LogP) is 2.84. The first kappa shape index (κ1) is 20.4. The Bertz CT molecular complexity index is 904. The molecule has 0 saturated carbocycles. The predicted molar refractivity (Wildman–Crippen MR) is 117 cm³/mol. The summed E-state index contributed by atoms with van der Waals surface area (Å²) >= 11 is 0. The highest BCUT2D eigenvalue weighted by Crippen LogP contribution is 2.25. The van der Waals surface area contributed by atoms with E-state index in [0.717, 1.165) is 50.3 Å². The normalized spacial score (nSPS) is 19.8. The summed E-state index contributed by atoms with van der Waals surface area (Å²) in [6.45, 7) is 5.53. The zero-order chi connectivity index (χ0) is 21.1. The van der Waals surface area contributed by atoms with Crippen molar-refractivity contribution < 1.29 is 14.7 Å². The van der Waals surface area contributed by atoms with Gasteiger partial charge in [0.2, 0.25) is 0 Å². The lowest BCUT2D eigenvalue weighted by atomic mass is 9.95. The molecule has 0 radical (unpaired) electrons. The minimum Gasteiger partial charge on any atom is -0.478 e. The Labute approximate surface area is 177 Å². The Morgan fingerprint density at radius 3 is 2.37 bits per heavy atom. The van der Waals surface area contributed by atoms with Crippen LogP contribution in [0.4, 0.5) is 5.69 Å². The lowest BCUT2D eigenvalue weighted by molar-refractivity contribution is 0.0694. The van der Waals surface area contributed by atoms with Gasteiger partial charge in [0, 0.05) is 50.5 Å². The molecule has 6 heteroatoms. The second-order valence-corrected chi connectivity index (χ2v) is 8.41. The van der Waals surface area contributed by atoms with Gasteiger partial charge in [0.15, 0.2) is 0 Å². The van der Waals surface area contributed by atoms with Gasteiger partial charge in [-0.15, -0.1) is 0 Å². The van der Waals surface area contributed by atoms with E-state index in [0.29, 0.717) is 24.4 Å². The summed E-state index contributed by atoms with van der Waals surface area (Å²) in [5, 5.41) is 9.39. The molecule has 0 bridgehead atoms. The number of carbonyl (C=O) groups is 2. The summed E-state index contributed by atoms with van der Waals surface area (Å²) in [5.74, 6) is -0.537. The van der Waals surface area contributed by atoms with E-state index in [1.807, 2.05) is 29.2 Å². The van der Waals surface area contributed by atoms with Gasteiger partial charge in [0.1, 0.15) is 0 Å². The SMILES string of the molecule is CN1CCN(c2ccc(C(=O)N3CCC(Cc4ccccc4C(=O)O)C3)cc2)CC1. The highest BCUT2D eigenvalue weighted by atomic mass is 16.4. The van der Waals surface area contributed by atoms with Crippen LogP contribution < -0.4 is 4.90 Å². The van der Waals surface area contributed by atoms with Crippen molar-refractivity contribution in [3.63, 3.8) is 0 Å². The van der Waals surface area contributed by atoms with Crippen molar-refractivity contribution in [3.05, 3.63) is 65.2 Å². The largest absolute Gasteiger partial charge is 0.478 e. The van der Waals surface area contributed by atoms with Crippen LogP contribution in [0.15, 0.2) is 48.5 Å². The summed E-state index contributed by atoms with van der Waals surface area (Å²) in [5.41, 5.74) is 3.10. The number of carboxylic acid groups (broad SMARTS) is 1. The molecule has 2 saturated heterocycles. The standard InChI is InChI=1S/C24H29N3O3/c1-25-12-14-26(15-13-25)21-8-6-19(7-9-21)23(28)27-11-10-18(17-27)16-20-4-2-3-5-22(20)24(29)30/h2-9,18H,10-17H2,1H3,(H,29,30). The maximum Gasteiger partial charge on any atom is 0.335 e. The van der Waals surface area contributed by atoms with Crippen LogP contribution in [-0.2, 0) is 6.42 Å². The summed E-state index contributed by atoms with van der Waals surface area (Å²) < 4.78 is 0. The number of hydrogen-bond acceptors (Lipinski definition) is 4. The van der Waals surface area contributed by atoms with E-state index in [9.17, 15) is 14.7 Å². The van der Waals surface area contributed by atoms with Gasteiger partial charge < -0.3 is 19.8 Å². The van der Waals surface area contributed by atoms with Crippen LogP contribution in [0.1, 0.15) is 32.7 Å². The highest BCUT2D eigenvalue weighted by molar-refractivity contribution is 5.94. The van der Waals surface area contributed by atoms with Crippen molar-refractivity contribution in [1.82, 2.24) is 9.80 Å². The minimum absolute atomic E-state index is 0.0638. The molecule has 2 aliphatic heterocycles. The van der Waals surface area contributed by atoms with Crippen molar-refractivity contribution in [2.75, 3.05) is 51.2 Å². The van der Waals surface area contributed by atoms with Crippen LogP contribution in [0.25, 0.3) is 0 Å². The van der Waals surface area contributed by atoms with Gasteiger partial charge in [-0.05, 0) is 61.7 Å². The number of amides is 1. The Kier molecular flexibility index (Phi) is 6.04. The number of likely N-dealkylation sites (tertiary alicyclic amines) is 1. The van der Waals surface area contributed by atoms with Crippen LogP contribution >= 0.6 is 0 Å². The van der Waals surface area contributed by atoms with Crippen molar-refractivity contribution in [2.24, 2.45) is 5.92 Å². The Morgan fingerprint density at radius 1 is 0.967 bits per heavy atom. The van der Waals surface area contributed by atoms with Crippen molar-refractivity contribution in [2.45, 2.75) is 12.8 Å². The van der Waals surface area contributed by atoms with Gasteiger partial charge in [0.25, 0.3) is 5.91 Å². The van der Waals surface area contributed by atoms with E-state index in [1.165, 1.54) is 5.69 Å². The second kappa shape index (κ2) is 8.88. The molecule has 1 atom stereocenters. The number of likely N-dealkylation sites (N-methyl/N-ethyl adjacent to an activating group) is 1. The monoisotopic (exact) mass is 407 g/mol. The minimum atomic E-state index is -0.892. The van der Waals surface area contributed by atoms with Crippen LogP contribution in [0, 0.1) is 5.92 Å². The fourth-order valence-corrected chi connectivity index (χ4v) is 4.46. The van der Waals surface area contributed by atoms with Crippen LogP contribution in [0.3, 0.4) is 0 Å². The average molecular weight is 408 g/mol. The first-order chi connectivity index (χ1) is 14.5. The molecule has 1 amide bonds. The maximum absolute atomic E-state index is 13.0. The molecule has 0 aliphatic carbocycles. The van der Waals surface area contributed by atoms with Gasteiger partial charge in [-0.3, -0.25) is 4.79 Å². The average Bonchev–Trinajstić information content (AvgIpc) is 3.23. The van der Waals surface area contributed by atoms with E-state index >= 15 is 0 Å². The van der Waals surface area contributed by atoms with E-state index in [1.54, 1.807) is 12.1 Å². The van der Waals surface area contributed by atoms with Gasteiger partial charge in [-0.25, -0.2) is 4.79 Å². The molecule has 158 valence electrons. The molecule has 6 nitrogen and oxygen atoms in total. The molecule has 2 aromatic rings. The molecule has 4 rings (SSSR count). The number of anilines is 1. The molecule has 2 aliphatic rings. The molecule has 1 N–H and O–H groups in total. The summed E-state index contributed by atoms with van der Waals surface area (Å²) in [6.07, 6.45) is 1.59. The molecule has 2 fully saturated rings. The topological polar surface area (TPSA) is 64.1 Å². The summed E-state index contributed by atoms with van der Waals surface area (Å²) in [6, 6.07) is 15.1. The molecule has 1 unspecified atom stereocenters. The number of aromatic carboxylic acids is 1. The highest BCUT2D eigenvalue weighted by Gasteiger charge is 2.28. The van der Waals surface area contributed by atoms with E-state index < -0.39 is 5.97 Å². The Balaban J connectivity index is 1.36. The molecule has 2 heterocycles. The van der Waals surface area contributed by atoms with Gasteiger partial charge in [-0.2, -0.15) is 0 Å². The first-order valence-corrected chi connectivity index (χ1v) is 10.7. The van der Waals surface area contributed by atoms with Crippen LogP contribution in [0.5, 0.6) is 0 Å². The Morgan fingerprint density at radius 2 is 1.67 bits per heavy atom. The van der Waals surface area contributed by atoms with Crippen molar-refractivity contribution in [1.29, 1.82) is 0 Å². The zero-order valence-electron chi connectivity index (χ0n) is 17.5. The summed E-state index contributed by atoms with van der Waals surface area (Å²) in [4.78, 5) is 31.0. The molecular weight excluding hydrogens is 378 g/mol. The lowest BCUT2D eigenvalue weighted by Gasteiger charge is -2.34. The molecule has 30 heavy (non-hydrogen) atoms. The van der Waals surface area contributed by atoms with Crippen molar-refractivity contribution in [3.8, 4) is 0 Å². The molecule has 2 aromatic carbocycles. The third-order valence-electron chi connectivity index (χ3n) is 6.31. The van der Waals surface area contributed by atoms with Gasteiger partial charge in [0.05, 0.1) is 5.56 Å². The first-order valence-electron chi connectivity index (χ1n) is 10.7. The number of benzene rings is 2. The number of piperazine rings is 1.